The molecule has 1 amide bonds. The fraction of sp³-hybridized carbons (Fsp3) is 0.818. The smallest absolute Gasteiger partial charge is 0.322 e. The van der Waals surface area contributed by atoms with Gasteiger partial charge in [-0.1, -0.05) is 0 Å². The van der Waals surface area contributed by atoms with Gasteiger partial charge in [0.05, 0.1) is 0 Å². The summed E-state index contributed by atoms with van der Waals surface area (Å²) in [6.07, 6.45) is 3.89. The molecule has 0 aromatic heterocycles. The van der Waals surface area contributed by atoms with Crippen LogP contribution in [0.25, 0.3) is 0 Å². The van der Waals surface area contributed by atoms with Gasteiger partial charge in [-0.2, -0.15) is 0 Å². The van der Waals surface area contributed by atoms with Crippen LogP contribution >= 0.6 is 0 Å². The maximum Gasteiger partial charge on any atom is 0.322 e. The summed E-state index contributed by atoms with van der Waals surface area (Å²) in [5.41, 5.74) is 0. The van der Waals surface area contributed by atoms with E-state index in [1.54, 1.807) is 0 Å². The molecule has 0 heterocycles. The second-order valence-corrected chi connectivity index (χ2v) is 5.13. The molecule has 3 aliphatic carbocycles. The molecular formula is C11H15NO3. The molecule has 2 bridgehead atoms. The van der Waals surface area contributed by atoms with E-state index >= 15 is 0 Å². The van der Waals surface area contributed by atoms with Crippen LogP contribution in [0.2, 0.25) is 0 Å². The molecule has 3 rings (SSSR count). The molecule has 3 fully saturated rings. The largest absolute Gasteiger partial charge is 0.480 e. The molecule has 3 aliphatic rings. The molecule has 0 spiro atoms. The number of carbonyl (C=O) groups excluding carboxylic acids is 1. The highest BCUT2D eigenvalue weighted by Crippen LogP contribution is 2.69. The number of rotatable bonds is 3. The highest BCUT2D eigenvalue weighted by Gasteiger charge is 2.67. The Balaban J connectivity index is 1.58. The normalized spacial score (nSPS) is 44.9. The van der Waals surface area contributed by atoms with Gasteiger partial charge in [-0.05, 0) is 42.9 Å². The maximum atomic E-state index is 11.7. The highest BCUT2D eigenvalue weighted by atomic mass is 16.4. The summed E-state index contributed by atoms with van der Waals surface area (Å²) in [6.45, 7) is -0.232. The monoisotopic (exact) mass is 209 g/mol. The van der Waals surface area contributed by atoms with Gasteiger partial charge in [0.1, 0.15) is 6.54 Å². The third-order valence-corrected chi connectivity index (χ3v) is 4.45. The number of carboxylic acid groups (broad SMARTS) is 1. The van der Waals surface area contributed by atoms with Gasteiger partial charge in [0, 0.05) is 5.92 Å². The van der Waals surface area contributed by atoms with Crippen molar-refractivity contribution < 1.29 is 14.7 Å². The summed E-state index contributed by atoms with van der Waals surface area (Å²) in [4.78, 5) is 22.0. The van der Waals surface area contributed by atoms with E-state index < -0.39 is 5.97 Å². The molecule has 2 N–H and O–H groups in total. The van der Waals surface area contributed by atoms with Gasteiger partial charge < -0.3 is 10.4 Å². The van der Waals surface area contributed by atoms with E-state index in [2.05, 4.69) is 5.32 Å². The summed E-state index contributed by atoms with van der Waals surface area (Å²) in [5, 5.41) is 11.0. The molecular weight excluding hydrogens is 194 g/mol. The number of hydrogen-bond acceptors (Lipinski definition) is 2. The Labute approximate surface area is 88.0 Å². The highest BCUT2D eigenvalue weighted by molar-refractivity contribution is 5.85. The minimum atomic E-state index is -0.961. The number of carbonyl (C=O) groups is 2. The molecule has 0 unspecified atom stereocenters. The minimum absolute atomic E-state index is 0.0241. The lowest BCUT2D eigenvalue weighted by molar-refractivity contribution is -0.138. The SMILES string of the molecule is O=C(O)CNC(=O)C1[C@H]2[C@@H]3CC[C@H](C3)[C@H]12. The molecule has 82 valence electrons. The molecule has 15 heavy (non-hydrogen) atoms. The zero-order valence-electron chi connectivity index (χ0n) is 8.48. The Bertz CT molecular complexity index is 312. The van der Waals surface area contributed by atoms with Gasteiger partial charge in [-0.25, -0.2) is 0 Å². The molecule has 4 heteroatoms. The Kier molecular flexibility index (Phi) is 1.82. The predicted molar refractivity (Wildman–Crippen MR) is 51.9 cm³/mol. The topological polar surface area (TPSA) is 66.4 Å². The van der Waals surface area contributed by atoms with Crippen LogP contribution in [-0.2, 0) is 9.59 Å². The van der Waals surface area contributed by atoms with Crippen molar-refractivity contribution in [3.63, 3.8) is 0 Å². The summed E-state index contributed by atoms with van der Waals surface area (Å²) >= 11 is 0. The van der Waals surface area contributed by atoms with E-state index in [-0.39, 0.29) is 18.4 Å². The van der Waals surface area contributed by atoms with Crippen molar-refractivity contribution in [1.82, 2.24) is 5.32 Å². The van der Waals surface area contributed by atoms with E-state index in [0.717, 1.165) is 11.8 Å². The van der Waals surface area contributed by atoms with E-state index in [1.807, 2.05) is 0 Å². The van der Waals surface area contributed by atoms with Crippen molar-refractivity contribution in [2.24, 2.45) is 29.6 Å². The average molecular weight is 209 g/mol. The molecule has 0 aromatic carbocycles. The zero-order chi connectivity index (χ0) is 10.6. The summed E-state index contributed by atoms with van der Waals surface area (Å²) in [5.74, 6) is 1.88. The van der Waals surface area contributed by atoms with Crippen LogP contribution in [-0.4, -0.2) is 23.5 Å². The number of nitrogens with one attached hydrogen (secondary N) is 1. The van der Waals surface area contributed by atoms with Gasteiger partial charge in [0.25, 0.3) is 0 Å². The Morgan fingerprint density at radius 1 is 1.20 bits per heavy atom. The van der Waals surface area contributed by atoms with Gasteiger partial charge in [-0.3, -0.25) is 9.59 Å². The lowest BCUT2D eigenvalue weighted by Crippen LogP contribution is -2.32. The van der Waals surface area contributed by atoms with E-state index in [0.29, 0.717) is 11.8 Å². The van der Waals surface area contributed by atoms with Crippen molar-refractivity contribution in [2.45, 2.75) is 19.3 Å². The van der Waals surface area contributed by atoms with E-state index in [4.69, 9.17) is 5.11 Å². The van der Waals surface area contributed by atoms with Crippen LogP contribution in [0.3, 0.4) is 0 Å². The van der Waals surface area contributed by atoms with Crippen molar-refractivity contribution in [1.29, 1.82) is 0 Å². The van der Waals surface area contributed by atoms with Crippen molar-refractivity contribution >= 4 is 11.9 Å². The molecule has 3 saturated carbocycles. The van der Waals surface area contributed by atoms with Crippen LogP contribution in [0.4, 0.5) is 0 Å². The molecule has 0 radical (unpaired) electrons. The second-order valence-electron chi connectivity index (χ2n) is 5.13. The Morgan fingerprint density at radius 3 is 2.33 bits per heavy atom. The fourth-order valence-electron chi connectivity index (χ4n) is 3.96. The van der Waals surface area contributed by atoms with Crippen LogP contribution in [0, 0.1) is 29.6 Å². The quantitative estimate of drug-likeness (QED) is 0.710. The molecule has 0 aromatic rings. The van der Waals surface area contributed by atoms with E-state index in [9.17, 15) is 9.59 Å². The Morgan fingerprint density at radius 2 is 1.80 bits per heavy atom. The first-order chi connectivity index (χ1) is 7.18. The lowest BCUT2D eigenvalue weighted by Gasteiger charge is -2.07. The Hall–Kier alpha value is -1.06. The number of carboxylic acids is 1. The van der Waals surface area contributed by atoms with Crippen molar-refractivity contribution in [3.8, 4) is 0 Å². The summed E-state index contributed by atoms with van der Waals surface area (Å²) in [6, 6.07) is 0. The van der Waals surface area contributed by atoms with Gasteiger partial charge in [0.15, 0.2) is 0 Å². The minimum Gasteiger partial charge on any atom is -0.480 e. The summed E-state index contributed by atoms with van der Waals surface area (Å²) in [7, 11) is 0. The average Bonchev–Trinajstić information content (AvgIpc) is 2.64. The first kappa shape index (κ1) is 9.19. The van der Waals surface area contributed by atoms with Gasteiger partial charge >= 0.3 is 5.97 Å². The van der Waals surface area contributed by atoms with Crippen molar-refractivity contribution in [2.75, 3.05) is 6.54 Å². The van der Waals surface area contributed by atoms with E-state index in [1.165, 1.54) is 19.3 Å². The standard InChI is InChI=1S/C11H15NO3/c13-7(14)4-12-11(15)10-8-5-1-2-6(3-5)9(8)10/h5-6,8-10H,1-4H2,(H,12,15)(H,13,14)/t5-,6-,8+,9+/m1/s1. The van der Waals surface area contributed by atoms with Crippen LogP contribution < -0.4 is 5.32 Å². The number of amides is 1. The van der Waals surface area contributed by atoms with Crippen LogP contribution in [0.15, 0.2) is 0 Å². The molecule has 0 aliphatic heterocycles. The number of fused-ring (bicyclic) bond motifs is 5. The zero-order valence-corrected chi connectivity index (χ0v) is 8.48. The van der Waals surface area contributed by atoms with Gasteiger partial charge in [0.2, 0.25) is 5.91 Å². The first-order valence-electron chi connectivity index (χ1n) is 5.68. The fourth-order valence-corrected chi connectivity index (χ4v) is 3.96. The second kappa shape index (κ2) is 2.97. The van der Waals surface area contributed by atoms with Crippen molar-refractivity contribution in [3.05, 3.63) is 0 Å². The number of aliphatic carboxylic acids is 1. The molecule has 4 nitrogen and oxygen atoms in total. The first-order valence-corrected chi connectivity index (χ1v) is 5.68. The maximum absolute atomic E-state index is 11.7. The van der Waals surface area contributed by atoms with Crippen LogP contribution in [0.1, 0.15) is 19.3 Å². The molecule has 4 atom stereocenters. The lowest BCUT2D eigenvalue weighted by atomic mass is 10.0. The number of hydrogen-bond donors (Lipinski definition) is 2. The van der Waals surface area contributed by atoms with Gasteiger partial charge in [-0.15, -0.1) is 0 Å². The third kappa shape index (κ3) is 1.27. The molecule has 0 saturated heterocycles. The van der Waals surface area contributed by atoms with Crippen LogP contribution in [0.5, 0.6) is 0 Å². The third-order valence-electron chi connectivity index (χ3n) is 4.45. The summed E-state index contributed by atoms with van der Waals surface area (Å²) < 4.78 is 0. The predicted octanol–water partition coefficient (Wildman–Crippen LogP) is 0.479.